The van der Waals surface area contributed by atoms with Crippen molar-refractivity contribution < 1.29 is 9.90 Å². The van der Waals surface area contributed by atoms with Gasteiger partial charge < -0.3 is 20.4 Å². The molecule has 0 amide bonds. The number of carbonyl (C=O) groups is 1. The molecule has 3 aromatic carbocycles. The van der Waals surface area contributed by atoms with Crippen LogP contribution in [-0.4, -0.2) is 32.2 Å². The number of aromatic amines is 1. The van der Waals surface area contributed by atoms with Crippen LogP contribution in [0.1, 0.15) is 13.3 Å². The number of aromatic nitrogens is 3. The number of aryl methyl sites for hydroxylation is 1. The van der Waals surface area contributed by atoms with Crippen molar-refractivity contribution in [2.45, 2.75) is 19.9 Å². The molecule has 0 saturated heterocycles. The zero-order valence-electron chi connectivity index (χ0n) is 17.7. The molecule has 7 heteroatoms. The third-order valence-corrected chi connectivity index (χ3v) is 5.23. The van der Waals surface area contributed by atoms with E-state index < -0.39 is 5.97 Å². The Morgan fingerprint density at radius 1 is 1.06 bits per heavy atom. The van der Waals surface area contributed by atoms with Gasteiger partial charge in [-0.2, -0.15) is 0 Å². The number of rotatable bonds is 4. The molecule has 0 fully saturated rings. The molecule has 0 aliphatic heterocycles. The van der Waals surface area contributed by atoms with Crippen LogP contribution in [0.4, 0.5) is 0 Å². The summed E-state index contributed by atoms with van der Waals surface area (Å²) in [6, 6.07) is 20.1. The maximum absolute atomic E-state index is 12.9. The third-order valence-electron chi connectivity index (χ3n) is 5.23. The van der Waals surface area contributed by atoms with Crippen LogP contribution >= 0.6 is 0 Å². The molecular weight excluding hydrogens is 404 g/mol. The Labute approximate surface area is 184 Å². The number of para-hydroxylation sites is 1. The maximum atomic E-state index is 12.9. The molecule has 2 heterocycles. The Morgan fingerprint density at radius 2 is 1.75 bits per heavy atom. The van der Waals surface area contributed by atoms with Gasteiger partial charge in [0.2, 0.25) is 0 Å². The molecule has 5 rings (SSSR count). The van der Waals surface area contributed by atoms with Gasteiger partial charge in [0.05, 0.1) is 11.0 Å². The fraction of sp³-hybridized carbons (Fsp3) is 0.160. The van der Waals surface area contributed by atoms with Crippen molar-refractivity contribution in [2.75, 3.05) is 6.54 Å². The van der Waals surface area contributed by atoms with Crippen molar-refractivity contribution in [2.24, 2.45) is 5.73 Å². The molecule has 0 bridgehead atoms. The molecule has 5 aromatic rings. The second kappa shape index (κ2) is 9.03. The van der Waals surface area contributed by atoms with Crippen molar-refractivity contribution in [1.82, 2.24) is 14.5 Å². The fourth-order valence-electron chi connectivity index (χ4n) is 3.89. The number of aliphatic carboxylic acids is 1. The van der Waals surface area contributed by atoms with Crippen LogP contribution in [0.3, 0.4) is 0 Å². The second-order valence-corrected chi connectivity index (χ2v) is 7.51. The lowest BCUT2D eigenvalue weighted by Gasteiger charge is -2.05. The van der Waals surface area contributed by atoms with Gasteiger partial charge >= 0.3 is 0 Å². The molecular formula is C25H24N4O3. The smallest absolute Gasteiger partial charge is 0.300 e. The van der Waals surface area contributed by atoms with E-state index in [9.17, 15) is 4.79 Å². The largest absolute Gasteiger partial charge is 0.481 e. The first-order chi connectivity index (χ1) is 15.5. The van der Waals surface area contributed by atoms with Crippen molar-refractivity contribution in [3.63, 3.8) is 0 Å². The van der Waals surface area contributed by atoms with Crippen LogP contribution < -0.4 is 11.3 Å². The zero-order valence-corrected chi connectivity index (χ0v) is 17.7. The number of nitrogens with one attached hydrogen (secondary N) is 1. The van der Waals surface area contributed by atoms with E-state index in [4.69, 9.17) is 20.6 Å². The molecule has 0 unspecified atom stereocenters. The van der Waals surface area contributed by atoms with Crippen LogP contribution in [0.25, 0.3) is 44.0 Å². The first-order valence-corrected chi connectivity index (χ1v) is 10.4. The molecule has 0 spiro atoms. The number of benzene rings is 3. The van der Waals surface area contributed by atoms with Crippen molar-refractivity contribution in [3.8, 4) is 11.3 Å². The monoisotopic (exact) mass is 428 g/mol. The molecule has 0 aliphatic carbocycles. The van der Waals surface area contributed by atoms with Gasteiger partial charge in [0, 0.05) is 41.5 Å². The van der Waals surface area contributed by atoms with Gasteiger partial charge in [0.1, 0.15) is 5.69 Å². The van der Waals surface area contributed by atoms with E-state index in [0.29, 0.717) is 12.2 Å². The number of nitrogens with two attached hydrogens (primary N) is 1. The maximum Gasteiger partial charge on any atom is 0.300 e. The van der Waals surface area contributed by atoms with E-state index in [0.717, 1.165) is 58.2 Å². The minimum absolute atomic E-state index is 0.176. The predicted molar refractivity (Wildman–Crippen MR) is 128 cm³/mol. The van der Waals surface area contributed by atoms with Gasteiger partial charge in [-0.05, 0) is 30.5 Å². The number of fused-ring (bicyclic) bond motifs is 4. The quantitative estimate of drug-likeness (QED) is 0.372. The average Bonchev–Trinajstić information content (AvgIpc) is 3.15. The molecule has 0 atom stereocenters. The highest BCUT2D eigenvalue weighted by atomic mass is 16.4. The molecule has 32 heavy (non-hydrogen) atoms. The lowest BCUT2D eigenvalue weighted by molar-refractivity contribution is -0.134. The third kappa shape index (κ3) is 4.10. The summed E-state index contributed by atoms with van der Waals surface area (Å²) in [6.07, 6.45) is 2.90. The highest BCUT2D eigenvalue weighted by Gasteiger charge is 2.15. The highest BCUT2D eigenvalue weighted by Crippen LogP contribution is 2.30. The second-order valence-electron chi connectivity index (χ2n) is 7.51. The van der Waals surface area contributed by atoms with Crippen molar-refractivity contribution in [1.29, 1.82) is 0 Å². The van der Waals surface area contributed by atoms with Crippen molar-refractivity contribution in [3.05, 3.63) is 77.2 Å². The first-order valence-electron chi connectivity index (χ1n) is 10.4. The lowest BCUT2D eigenvalue weighted by Crippen LogP contribution is -2.11. The highest BCUT2D eigenvalue weighted by molar-refractivity contribution is 6.05. The summed E-state index contributed by atoms with van der Waals surface area (Å²) in [5.41, 5.74) is 9.47. The molecule has 0 radical (unpaired) electrons. The normalized spacial score (nSPS) is 10.9. The van der Waals surface area contributed by atoms with Crippen LogP contribution in [0.5, 0.6) is 0 Å². The van der Waals surface area contributed by atoms with E-state index in [1.807, 2.05) is 54.7 Å². The average molecular weight is 428 g/mol. The van der Waals surface area contributed by atoms with Crippen LogP contribution in [-0.2, 0) is 11.3 Å². The summed E-state index contributed by atoms with van der Waals surface area (Å²) < 4.78 is 2.16. The molecule has 4 N–H and O–H groups in total. The van der Waals surface area contributed by atoms with E-state index >= 15 is 0 Å². The van der Waals surface area contributed by atoms with Crippen molar-refractivity contribution >= 4 is 38.7 Å². The van der Waals surface area contributed by atoms with Gasteiger partial charge in [0.25, 0.3) is 11.5 Å². The Kier molecular flexibility index (Phi) is 6.00. The minimum Gasteiger partial charge on any atom is -0.481 e. The van der Waals surface area contributed by atoms with E-state index in [2.05, 4.69) is 21.7 Å². The lowest BCUT2D eigenvalue weighted by atomic mass is 10.1. The predicted octanol–water partition coefficient (Wildman–Crippen LogP) is 4.14. The first kappa shape index (κ1) is 21.3. The number of H-pyrrole nitrogens is 1. The van der Waals surface area contributed by atoms with Crippen LogP contribution in [0.15, 0.2) is 71.7 Å². The summed E-state index contributed by atoms with van der Waals surface area (Å²) in [4.78, 5) is 29.7. The number of hydrogen-bond donors (Lipinski definition) is 3. The summed E-state index contributed by atoms with van der Waals surface area (Å²) >= 11 is 0. The number of nitrogens with zero attached hydrogens (tertiary/aromatic N) is 2. The minimum atomic E-state index is -0.833. The summed E-state index contributed by atoms with van der Waals surface area (Å²) in [5, 5.41) is 10.6. The molecule has 7 nitrogen and oxygen atoms in total. The number of carboxylic acids is 1. The Bertz CT molecular complexity index is 1480. The molecule has 0 saturated carbocycles. The van der Waals surface area contributed by atoms with E-state index in [1.54, 1.807) is 0 Å². The van der Waals surface area contributed by atoms with Gasteiger partial charge in [-0.25, -0.2) is 4.98 Å². The summed E-state index contributed by atoms with van der Waals surface area (Å²) in [7, 11) is 0. The van der Waals surface area contributed by atoms with E-state index in [1.165, 1.54) is 0 Å². The number of hydrogen-bond acceptors (Lipinski definition) is 4. The van der Waals surface area contributed by atoms with Gasteiger partial charge in [-0.1, -0.05) is 48.5 Å². The van der Waals surface area contributed by atoms with E-state index in [-0.39, 0.29) is 5.56 Å². The SMILES string of the molecule is CC(=O)O.NCCCn1cc(-c2nc3c(ccc4ccccc43)[nH]c2=O)c2ccccc21. The fourth-order valence-corrected chi connectivity index (χ4v) is 3.89. The molecule has 2 aromatic heterocycles. The topological polar surface area (TPSA) is 114 Å². The standard InChI is InChI=1S/C23H20N4O.C2H4O2/c24-12-5-13-27-14-18(17-8-3-4-9-20(17)27)22-23(28)25-19-11-10-15-6-1-2-7-16(15)21(19)26-22;1-2(3)4/h1-4,6-11,14H,5,12-13,24H2,(H,25,28);1H3,(H,3,4). The summed E-state index contributed by atoms with van der Waals surface area (Å²) in [5.74, 6) is -0.833. The van der Waals surface area contributed by atoms with Gasteiger partial charge in [-0.15, -0.1) is 0 Å². The molecule has 162 valence electrons. The van der Waals surface area contributed by atoms with Gasteiger partial charge in [0.15, 0.2) is 0 Å². The Hall–Kier alpha value is -3.97. The van der Waals surface area contributed by atoms with Crippen LogP contribution in [0.2, 0.25) is 0 Å². The Balaban J connectivity index is 0.000000567. The Morgan fingerprint density at radius 3 is 2.50 bits per heavy atom. The molecule has 0 aliphatic rings. The number of carboxylic acid groups (broad SMARTS) is 1. The zero-order chi connectivity index (χ0) is 22.7. The van der Waals surface area contributed by atoms with Gasteiger partial charge in [-0.3, -0.25) is 9.59 Å². The van der Waals surface area contributed by atoms with Crippen LogP contribution in [0, 0.1) is 0 Å². The summed E-state index contributed by atoms with van der Waals surface area (Å²) in [6.45, 7) is 2.52.